The van der Waals surface area contributed by atoms with E-state index in [1.165, 1.54) is 12.1 Å². The number of nitrogens with zero attached hydrogens (tertiary/aromatic N) is 1. The molecule has 0 bridgehead atoms. The molecule has 1 heterocycles. The van der Waals surface area contributed by atoms with Crippen molar-refractivity contribution in [1.82, 2.24) is 0 Å². The number of carbonyl (C=O) groups is 3. The van der Waals surface area contributed by atoms with Gasteiger partial charge in [-0.1, -0.05) is 6.07 Å². The SMILES string of the molecule is NC(=O)c1cccc(N2C(=O)CC(N)C2=O)c1. The predicted molar refractivity (Wildman–Crippen MR) is 60.0 cm³/mol. The molecule has 88 valence electrons. The van der Waals surface area contributed by atoms with E-state index in [2.05, 4.69) is 0 Å². The van der Waals surface area contributed by atoms with Crippen LogP contribution in [-0.4, -0.2) is 23.8 Å². The topological polar surface area (TPSA) is 106 Å². The summed E-state index contributed by atoms with van der Waals surface area (Å²) in [5.74, 6) is -1.45. The Morgan fingerprint density at radius 1 is 1.35 bits per heavy atom. The van der Waals surface area contributed by atoms with Crippen molar-refractivity contribution in [2.24, 2.45) is 11.5 Å². The number of hydrogen-bond donors (Lipinski definition) is 2. The average molecular weight is 233 g/mol. The zero-order valence-electron chi connectivity index (χ0n) is 8.92. The second-order valence-corrected chi connectivity index (χ2v) is 3.79. The van der Waals surface area contributed by atoms with Gasteiger partial charge in [-0.3, -0.25) is 14.4 Å². The van der Waals surface area contributed by atoms with E-state index in [-0.39, 0.29) is 17.9 Å². The molecular formula is C11H11N3O3. The van der Waals surface area contributed by atoms with Gasteiger partial charge in [-0.05, 0) is 18.2 Å². The Balaban J connectivity index is 2.40. The smallest absolute Gasteiger partial charge is 0.251 e. The molecular weight excluding hydrogens is 222 g/mol. The van der Waals surface area contributed by atoms with E-state index in [1.54, 1.807) is 12.1 Å². The van der Waals surface area contributed by atoms with Gasteiger partial charge in [0.25, 0.3) is 5.91 Å². The lowest BCUT2D eigenvalue weighted by molar-refractivity contribution is -0.121. The highest BCUT2D eigenvalue weighted by Gasteiger charge is 2.37. The summed E-state index contributed by atoms with van der Waals surface area (Å²) in [7, 11) is 0. The van der Waals surface area contributed by atoms with E-state index in [1.807, 2.05) is 0 Å². The van der Waals surface area contributed by atoms with Crippen molar-refractivity contribution in [3.63, 3.8) is 0 Å². The molecule has 1 aromatic rings. The first-order chi connectivity index (χ1) is 8.00. The second-order valence-electron chi connectivity index (χ2n) is 3.79. The fourth-order valence-electron chi connectivity index (χ4n) is 1.72. The van der Waals surface area contributed by atoms with Gasteiger partial charge in [0.15, 0.2) is 0 Å². The molecule has 0 saturated carbocycles. The maximum Gasteiger partial charge on any atom is 0.251 e. The summed E-state index contributed by atoms with van der Waals surface area (Å²) in [4.78, 5) is 35.2. The third-order valence-corrected chi connectivity index (χ3v) is 2.57. The molecule has 1 unspecified atom stereocenters. The Labute approximate surface area is 97.2 Å². The number of hydrogen-bond acceptors (Lipinski definition) is 4. The minimum atomic E-state index is -0.806. The highest BCUT2D eigenvalue weighted by atomic mass is 16.2. The zero-order valence-corrected chi connectivity index (χ0v) is 8.92. The van der Waals surface area contributed by atoms with E-state index >= 15 is 0 Å². The molecule has 0 spiro atoms. The average Bonchev–Trinajstić information content (AvgIpc) is 2.53. The first kappa shape index (κ1) is 11.3. The second kappa shape index (κ2) is 3.99. The fraction of sp³-hybridized carbons (Fsp3) is 0.182. The number of anilines is 1. The van der Waals surface area contributed by atoms with Crippen LogP contribution < -0.4 is 16.4 Å². The molecule has 3 amide bonds. The van der Waals surface area contributed by atoms with Crippen LogP contribution in [0, 0.1) is 0 Å². The molecule has 4 N–H and O–H groups in total. The van der Waals surface area contributed by atoms with Crippen LogP contribution in [-0.2, 0) is 9.59 Å². The molecule has 0 aromatic heterocycles. The van der Waals surface area contributed by atoms with Crippen LogP contribution in [0.25, 0.3) is 0 Å². The van der Waals surface area contributed by atoms with Crippen molar-refractivity contribution in [1.29, 1.82) is 0 Å². The van der Waals surface area contributed by atoms with Crippen molar-refractivity contribution in [3.8, 4) is 0 Å². The third kappa shape index (κ3) is 1.90. The van der Waals surface area contributed by atoms with Gasteiger partial charge in [-0.2, -0.15) is 0 Å². The van der Waals surface area contributed by atoms with Crippen LogP contribution in [0.4, 0.5) is 5.69 Å². The predicted octanol–water partition coefficient (Wildman–Crippen LogP) is -0.624. The Morgan fingerprint density at radius 3 is 2.59 bits per heavy atom. The van der Waals surface area contributed by atoms with Crippen LogP contribution in [0.15, 0.2) is 24.3 Å². The number of nitrogens with two attached hydrogens (primary N) is 2. The van der Waals surface area contributed by atoms with Crippen molar-refractivity contribution in [2.75, 3.05) is 4.90 Å². The maximum absolute atomic E-state index is 11.7. The van der Waals surface area contributed by atoms with Crippen molar-refractivity contribution < 1.29 is 14.4 Å². The zero-order chi connectivity index (χ0) is 12.6. The normalized spacial score (nSPS) is 19.8. The minimum Gasteiger partial charge on any atom is -0.366 e. The van der Waals surface area contributed by atoms with E-state index in [9.17, 15) is 14.4 Å². The summed E-state index contributed by atoms with van der Waals surface area (Å²) in [6, 6.07) is 5.22. The van der Waals surface area contributed by atoms with Crippen LogP contribution in [0.1, 0.15) is 16.8 Å². The number of imide groups is 1. The lowest BCUT2D eigenvalue weighted by Gasteiger charge is -2.14. The molecule has 6 nitrogen and oxygen atoms in total. The van der Waals surface area contributed by atoms with Gasteiger partial charge in [0.2, 0.25) is 11.8 Å². The lowest BCUT2D eigenvalue weighted by Crippen LogP contribution is -2.35. The summed E-state index contributed by atoms with van der Waals surface area (Å²) >= 11 is 0. The summed E-state index contributed by atoms with van der Waals surface area (Å²) in [6.07, 6.45) is -0.0143. The standard InChI is InChI=1S/C11H11N3O3/c12-8-5-9(15)14(11(8)17)7-3-1-2-6(4-7)10(13)16/h1-4,8H,5,12H2,(H2,13,16). The highest BCUT2D eigenvalue weighted by Crippen LogP contribution is 2.22. The van der Waals surface area contributed by atoms with Gasteiger partial charge < -0.3 is 11.5 Å². The lowest BCUT2D eigenvalue weighted by atomic mass is 10.2. The number of benzene rings is 1. The summed E-state index contributed by atoms with van der Waals surface area (Å²) in [5, 5.41) is 0. The number of primary amides is 1. The molecule has 6 heteroatoms. The van der Waals surface area contributed by atoms with E-state index in [0.717, 1.165) is 4.90 Å². The Kier molecular flexibility index (Phi) is 2.64. The monoisotopic (exact) mass is 233 g/mol. The van der Waals surface area contributed by atoms with E-state index in [4.69, 9.17) is 11.5 Å². The third-order valence-electron chi connectivity index (χ3n) is 2.57. The number of carbonyl (C=O) groups excluding carboxylic acids is 3. The molecule has 0 radical (unpaired) electrons. The van der Waals surface area contributed by atoms with Crippen LogP contribution in [0.5, 0.6) is 0 Å². The molecule has 1 aliphatic rings. The molecule has 1 aliphatic heterocycles. The van der Waals surface area contributed by atoms with Gasteiger partial charge in [0.05, 0.1) is 18.2 Å². The summed E-state index contributed by atoms with van der Waals surface area (Å²) in [6.45, 7) is 0. The Hall–Kier alpha value is -2.21. The van der Waals surface area contributed by atoms with Gasteiger partial charge in [-0.25, -0.2) is 4.90 Å². The molecule has 1 aromatic carbocycles. The molecule has 0 aliphatic carbocycles. The quantitative estimate of drug-likeness (QED) is 0.663. The first-order valence-corrected chi connectivity index (χ1v) is 5.03. The first-order valence-electron chi connectivity index (χ1n) is 5.03. The van der Waals surface area contributed by atoms with Gasteiger partial charge >= 0.3 is 0 Å². The van der Waals surface area contributed by atoms with Crippen molar-refractivity contribution in [2.45, 2.75) is 12.5 Å². The Morgan fingerprint density at radius 2 is 2.06 bits per heavy atom. The highest BCUT2D eigenvalue weighted by molar-refractivity contribution is 6.22. The van der Waals surface area contributed by atoms with Crippen LogP contribution >= 0.6 is 0 Å². The number of rotatable bonds is 2. The van der Waals surface area contributed by atoms with Crippen LogP contribution in [0.2, 0.25) is 0 Å². The van der Waals surface area contributed by atoms with Crippen molar-refractivity contribution in [3.05, 3.63) is 29.8 Å². The Bertz CT molecular complexity index is 512. The molecule has 1 saturated heterocycles. The summed E-state index contributed by atoms with van der Waals surface area (Å²) < 4.78 is 0. The van der Waals surface area contributed by atoms with Gasteiger partial charge in [-0.15, -0.1) is 0 Å². The summed E-state index contributed by atoms with van der Waals surface area (Å²) in [5.41, 5.74) is 11.2. The molecule has 1 atom stereocenters. The van der Waals surface area contributed by atoms with Gasteiger partial charge in [0.1, 0.15) is 0 Å². The van der Waals surface area contributed by atoms with Crippen LogP contribution in [0.3, 0.4) is 0 Å². The maximum atomic E-state index is 11.7. The van der Waals surface area contributed by atoms with E-state index in [0.29, 0.717) is 5.69 Å². The van der Waals surface area contributed by atoms with E-state index < -0.39 is 17.9 Å². The fourth-order valence-corrected chi connectivity index (χ4v) is 1.72. The molecule has 2 rings (SSSR count). The molecule has 1 fully saturated rings. The number of amides is 3. The largest absolute Gasteiger partial charge is 0.366 e. The van der Waals surface area contributed by atoms with Gasteiger partial charge in [0, 0.05) is 5.56 Å². The minimum absolute atomic E-state index is 0.0143. The molecule has 17 heavy (non-hydrogen) atoms. The van der Waals surface area contributed by atoms with Crippen molar-refractivity contribution >= 4 is 23.4 Å².